The van der Waals surface area contributed by atoms with Crippen molar-refractivity contribution < 1.29 is 9.53 Å². The monoisotopic (exact) mass is 365 g/mol. The van der Waals surface area contributed by atoms with Crippen molar-refractivity contribution in [3.8, 4) is 6.01 Å². The zero-order valence-corrected chi connectivity index (χ0v) is 14.5. The molecule has 5 nitrogen and oxygen atoms in total. The van der Waals surface area contributed by atoms with Gasteiger partial charge in [0.25, 0.3) is 0 Å². The smallest absolute Gasteiger partial charge is 0.316 e. The number of carbonyl (C=O) groups excluding carboxylic acids is 1. The number of ether oxygens (including phenoxy) is 1. The fraction of sp³-hybridized carbons (Fsp3) is 0.353. The number of nitrogens with zero attached hydrogens (tertiary/aromatic N) is 3. The van der Waals surface area contributed by atoms with Crippen LogP contribution in [0.4, 0.5) is 0 Å². The molecule has 24 heavy (non-hydrogen) atoms. The van der Waals surface area contributed by atoms with Crippen LogP contribution < -0.4 is 4.74 Å². The van der Waals surface area contributed by atoms with E-state index in [0.29, 0.717) is 35.6 Å². The van der Waals surface area contributed by atoms with Crippen LogP contribution in [0.1, 0.15) is 18.4 Å². The Morgan fingerprint density at radius 3 is 2.50 bits per heavy atom. The van der Waals surface area contributed by atoms with Gasteiger partial charge >= 0.3 is 6.01 Å². The van der Waals surface area contributed by atoms with Gasteiger partial charge in [-0.3, -0.25) is 4.79 Å². The molecule has 2 aromatic rings. The Morgan fingerprint density at radius 1 is 1.17 bits per heavy atom. The van der Waals surface area contributed by atoms with Crippen LogP contribution in [-0.2, 0) is 11.2 Å². The van der Waals surface area contributed by atoms with Crippen molar-refractivity contribution in [1.82, 2.24) is 14.9 Å². The number of aromatic nitrogens is 2. The summed E-state index contributed by atoms with van der Waals surface area (Å²) in [6.07, 6.45) is 4.85. The quantitative estimate of drug-likeness (QED) is 0.832. The summed E-state index contributed by atoms with van der Waals surface area (Å²) in [7, 11) is 0. The number of amides is 1. The van der Waals surface area contributed by atoms with Gasteiger partial charge in [-0.05, 0) is 11.6 Å². The number of rotatable bonds is 4. The maximum atomic E-state index is 12.4. The standard InChI is InChI=1S/C17H17Cl2N3O2/c18-13-10-20-17(21-11-13)24-14-5-7-22(8-6-14)16(23)9-12-3-1-2-4-15(12)19/h1-4,10-11,14H,5-9H2. The van der Waals surface area contributed by atoms with Crippen LogP contribution in [0, 0.1) is 0 Å². The molecule has 1 fully saturated rings. The number of benzene rings is 1. The molecule has 0 radical (unpaired) electrons. The first-order valence-electron chi connectivity index (χ1n) is 7.77. The highest BCUT2D eigenvalue weighted by atomic mass is 35.5. The van der Waals surface area contributed by atoms with Gasteiger partial charge in [-0.25, -0.2) is 9.97 Å². The molecule has 0 N–H and O–H groups in total. The SMILES string of the molecule is O=C(Cc1ccccc1Cl)N1CCC(Oc2ncc(Cl)cn2)CC1. The van der Waals surface area contributed by atoms with Crippen molar-refractivity contribution in [1.29, 1.82) is 0 Å². The lowest BCUT2D eigenvalue weighted by atomic mass is 10.1. The Hall–Kier alpha value is -1.85. The van der Waals surface area contributed by atoms with Crippen LogP contribution in [0.25, 0.3) is 0 Å². The van der Waals surface area contributed by atoms with Crippen molar-refractivity contribution >= 4 is 29.1 Å². The molecule has 0 saturated carbocycles. The average molecular weight is 366 g/mol. The molecule has 0 aliphatic carbocycles. The van der Waals surface area contributed by atoms with E-state index in [1.165, 1.54) is 12.4 Å². The molecular formula is C17H17Cl2N3O2. The van der Waals surface area contributed by atoms with Crippen LogP contribution in [0.15, 0.2) is 36.7 Å². The summed E-state index contributed by atoms with van der Waals surface area (Å²) in [5.41, 5.74) is 0.858. The van der Waals surface area contributed by atoms with Crippen LogP contribution in [0.5, 0.6) is 6.01 Å². The molecule has 2 heterocycles. The third-order valence-electron chi connectivity index (χ3n) is 3.96. The van der Waals surface area contributed by atoms with Gasteiger partial charge in [0.1, 0.15) is 6.10 Å². The Morgan fingerprint density at radius 2 is 1.83 bits per heavy atom. The van der Waals surface area contributed by atoms with Crippen LogP contribution >= 0.6 is 23.2 Å². The van der Waals surface area contributed by atoms with E-state index in [1.54, 1.807) is 6.07 Å². The van der Waals surface area contributed by atoms with Crippen LogP contribution in [0.3, 0.4) is 0 Å². The van der Waals surface area contributed by atoms with E-state index in [9.17, 15) is 4.79 Å². The number of halogens is 2. The Kier molecular flexibility index (Phi) is 5.53. The molecule has 0 atom stereocenters. The third kappa shape index (κ3) is 4.36. The van der Waals surface area contributed by atoms with E-state index < -0.39 is 0 Å². The molecular weight excluding hydrogens is 349 g/mol. The van der Waals surface area contributed by atoms with Gasteiger partial charge in [0.05, 0.1) is 23.8 Å². The van der Waals surface area contributed by atoms with E-state index in [0.717, 1.165) is 18.4 Å². The van der Waals surface area contributed by atoms with Gasteiger partial charge in [-0.1, -0.05) is 41.4 Å². The Balaban J connectivity index is 1.50. The number of hydrogen-bond acceptors (Lipinski definition) is 4. The van der Waals surface area contributed by atoms with Gasteiger partial charge in [-0.15, -0.1) is 0 Å². The lowest BCUT2D eigenvalue weighted by molar-refractivity contribution is -0.132. The molecule has 0 spiro atoms. The van der Waals surface area contributed by atoms with Crippen molar-refractivity contribution in [3.63, 3.8) is 0 Å². The first-order valence-corrected chi connectivity index (χ1v) is 8.53. The summed E-state index contributed by atoms with van der Waals surface area (Å²) >= 11 is 11.9. The summed E-state index contributed by atoms with van der Waals surface area (Å²) in [6.45, 7) is 1.31. The molecule has 1 saturated heterocycles. The summed E-state index contributed by atoms with van der Waals surface area (Å²) in [5.74, 6) is 0.0873. The van der Waals surface area contributed by atoms with Crippen molar-refractivity contribution in [3.05, 3.63) is 52.3 Å². The molecule has 0 unspecified atom stereocenters. The fourth-order valence-electron chi connectivity index (χ4n) is 2.65. The largest absolute Gasteiger partial charge is 0.460 e. The molecule has 0 bridgehead atoms. The Labute approximate surface area is 150 Å². The summed E-state index contributed by atoms with van der Waals surface area (Å²) < 4.78 is 5.74. The minimum Gasteiger partial charge on any atom is -0.460 e. The molecule has 1 aliphatic rings. The van der Waals surface area contributed by atoms with E-state index in [1.807, 2.05) is 23.1 Å². The summed E-state index contributed by atoms with van der Waals surface area (Å²) in [4.78, 5) is 22.3. The van der Waals surface area contributed by atoms with Gasteiger partial charge in [0.2, 0.25) is 5.91 Å². The highest BCUT2D eigenvalue weighted by Gasteiger charge is 2.24. The molecule has 1 aromatic carbocycles. The zero-order chi connectivity index (χ0) is 16.9. The minimum absolute atomic E-state index is 0.00976. The second kappa shape index (κ2) is 7.81. The molecule has 1 aromatic heterocycles. The van der Waals surface area contributed by atoms with E-state index in [-0.39, 0.29) is 12.0 Å². The van der Waals surface area contributed by atoms with Gasteiger partial charge in [0, 0.05) is 31.0 Å². The summed E-state index contributed by atoms with van der Waals surface area (Å²) in [5, 5.41) is 1.10. The number of carbonyl (C=O) groups is 1. The first kappa shape index (κ1) is 17.0. The lowest BCUT2D eigenvalue weighted by Crippen LogP contribution is -2.42. The van der Waals surface area contributed by atoms with E-state index in [2.05, 4.69) is 9.97 Å². The third-order valence-corrected chi connectivity index (χ3v) is 4.53. The molecule has 1 amide bonds. The van der Waals surface area contributed by atoms with Gasteiger partial charge in [-0.2, -0.15) is 0 Å². The predicted octanol–water partition coefficient (Wildman–Crippen LogP) is 3.40. The maximum absolute atomic E-state index is 12.4. The molecule has 126 valence electrons. The number of piperidine rings is 1. The van der Waals surface area contributed by atoms with Crippen molar-refractivity contribution in [2.24, 2.45) is 0 Å². The van der Waals surface area contributed by atoms with Crippen LogP contribution in [-0.4, -0.2) is 40.0 Å². The van der Waals surface area contributed by atoms with Crippen molar-refractivity contribution in [2.75, 3.05) is 13.1 Å². The fourth-order valence-corrected chi connectivity index (χ4v) is 2.95. The second-order valence-electron chi connectivity index (χ2n) is 5.65. The van der Waals surface area contributed by atoms with E-state index >= 15 is 0 Å². The normalized spacial score (nSPS) is 15.3. The highest BCUT2D eigenvalue weighted by Crippen LogP contribution is 2.20. The van der Waals surface area contributed by atoms with Gasteiger partial charge < -0.3 is 9.64 Å². The maximum Gasteiger partial charge on any atom is 0.316 e. The second-order valence-corrected chi connectivity index (χ2v) is 6.49. The first-order chi connectivity index (χ1) is 11.6. The van der Waals surface area contributed by atoms with E-state index in [4.69, 9.17) is 27.9 Å². The Bertz CT molecular complexity index is 701. The van der Waals surface area contributed by atoms with Crippen molar-refractivity contribution in [2.45, 2.75) is 25.4 Å². The zero-order valence-electron chi connectivity index (χ0n) is 13.0. The minimum atomic E-state index is 0.00976. The topological polar surface area (TPSA) is 55.3 Å². The van der Waals surface area contributed by atoms with Crippen LogP contribution in [0.2, 0.25) is 10.0 Å². The van der Waals surface area contributed by atoms with Gasteiger partial charge in [0.15, 0.2) is 0 Å². The highest BCUT2D eigenvalue weighted by molar-refractivity contribution is 6.31. The number of hydrogen-bond donors (Lipinski definition) is 0. The molecule has 1 aliphatic heterocycles. The summed E-state index contributed by atoms with van der Waals surface area (Å²) in [6, 6.07) is 7.75. The average Bonchev–Trinajstić information content (AvgIpc) is 2.59. The predicted molar refractivity (Wildman–Crippen MR) is 92.4 cm³/mol. The molecule has 7 heteroatoms. The number of likely N-dealkylation sites (tertiary alicyclic amines) is 1. The molecule has 3 rings (SSSR count). The lowest BCUT2D eigenvalue weighted by Gasteiger charge is -2.31.